The van der Waals surface area contributed by atoms with Crippen LogP contribution >= 0.6 is 0 Å². The number of amides is 1. The summed E-state index contributed by atoms with van der Waals surface area (Å²) in [6.07, 6.45) is 1.79. The average molecular weight is 836 g/mol. The first-order valence-corrected chi connectivity index (χ1v) is 20.7. The second kappa shape index (κ2) is 19.1. The molecule has 0 spiro atoms. The van der Waals surface area contributed by atoms with Gasteiger partial charge in [-0.3, -0.25) is 24.0 Å². The first-order valence-electron chi connectivity index (χ1n) is 20.7. The molecule has 1 amide bonds. The fourth-order valence-corrected chi connectivity index (χ4v) is 8.74. The van der Waals surface area contributed by atoms with Crippen LogP contribution in [0.3, 0.4) is 0 Å². The molecule has 1 saturated heterocycles. The number of rotatable bonds is 12. The molecule has 1 aliphatic carbocycles. The van der Waals surface area contributed by atoms with E-state index in [9.17, 15) is 32.8 Å². The van der Waals surface area contributed by atoms with Crippen LogP contribution in [0.2, 0.25) is 0 Å². The van der Waals surface area contributed by atoms with E-state index in [0.29, 0.717) is 67.4 Å². The highest BCUT2D eigenvalue weighted by molar-refractivity contribution is 5.96. The van der Waals surface area contributed by atoms with Crippen LogP contribution in [0.25, 0.3) is 33.2 Å². The highest BCUT2D eigenvalue weighted by Crippen LogP contribution is 2.43. The number of fused-ring (bicyclic) bond motifs is 2. The normalized spacial score (nSPS) is 21.3. The van der Waals surface area contributed by atoms with Crippen molar-refractivity contribution >= 4 is 51.4 Å². The zero-order chi connectivity index (χ0) is 44.2. The molecule has 2 unspecified atom stereocenters. The number of nitrogens with two attached hydrogens (primary N) is 2. The summed E-state index contributed by atoms with van der Waals surface area (Å²) in [5, 5.41) is 1.48. The van der Waals surface area contributed by atoms with Crippen LogP contribution in [0.4, 0.5) is 8.78 Å². The monoisotopic (exact) mass is 835 g/mol. The number of ether oxygens (including phenoxy) is 3. The third-order valence-electron chi connectivity index (χ3n) is 11.2. The molecule has 2 aliphatic rings. The maximum absolute atomic E-state index is 14.7. The van der Waals surface area contributed by atoms with Gasteiger partial charge in [0.25, 0.3) is 0 Å². The van der Waals surface area contributed by atoms with Crippen molar-refractivity contribution < 1.29 is 47.0 Å². The number of ketones is 1. The Morgan fingerprint density at radius 1 is 0.750 bits per heavy atom. The minimum atomic E-state index is -0.732. The van der Waals surface area contributed by atoms with Crippen molar-refractivity contribution in [2.75, 3.05) is 6.54 Å². The number of hydrogen-bond acceptors (Lipinski definition) is 10. The van der Waals surface area contributed by atoms with Crippen LogP contribution < -0.4 is 11.5 Å². The van der Waals surface area contributed by atoms with Gasteiger partial charge >= 0.3 is 17.9 Å². The molecule has 15 heteroatoms. The van der Waals surface area contributed by atoms with E-state index in [2.05, 4.69) is 9.97 Å². The Morgan fingerprint density at radius 3 is 1.73 bits per heavy atom. The van der Waals surface area contributed by atoms with E-state index in [4.69, 9.17) is 25.7 Å². The zero-order valence-electron chi connectivity index (χ0n) is 35.8. The number of likely N-dealkylation sites (tertiary alicyclic amines) is 1. The molecule has 326 valence electrons. The summed E-state index contributed by atoms with van der Waals surface area (Å²) in [4.78, 5) is 69.8. The molecule has 2 aromatic carbocycles. The molecule has 0 bridgehead atoms. The summed E-state index contributed by atoms with van der Waals surface area (Å²) in [7, 11) is 0. The summed E-state index contributed by atoms with van der Waals surface area (Å²) in [5.41, 5.74) is 16.0. The lowest BCUT2D eigenvalue weighted by molar-refractivity contribution is -0.152. The van der Waals surface area contributed by atoms with E-state index in [0.717, 1.165) is 21.9 Å². The van der Waals surface area contributed by atoms with E-state index < -0.39 is 59.8 Å². The van der Waals surface area contributed by atoms with Crippen LogP contribution in [-0.4, -0.2) is 86.9 Å². The Bertz CT molecular complexity index is 2090. The summed E-state index contributed by atoms with van der Waals surface area (Å²) >= 11 is 0. The van der Waals surface area contributed by atoms with Gasteiger partial charge < -0.3 is 40.5 Å². The molecule has 0 radical (unpaired) electrons. The maximum atomic E-state index is 14.7. The quantitative estimate of drug-likeness (QED) is 0.0895. The van der Waals surface area contributed by atoms with E-state index in [-0.39, 0.29) is 35.7 Å². The van der Waals surface area contributed by atoms with Gasteiger partial charge in [-0.1, -0.05) is 13.8 Å². The van der Waals surface area contributed by atoms with Gasteiger partial charge in [-0.2, -0.15) is 0 Å². The molecule has 3 heterocycles. The van der Waals surface area contributed by atoms with Crippen molar-refractivity contribution in [1.29, 1.82) is 0 Å². The van der Waals surface area contributed by atoms with Crippen molar-refractivity contribution in [3.8, 4) is 11.4 Å². The molecule has 60 heavy (non-hydrogen) atoms. The third kappa shape index (κ3) is 11.0. The largest absolute Gasteiger partial charge is 0.463 e. The van der Waals surface area contributed by atoms with Crippen LogP contribution in [0.5, 0.6) is 0 Å². The predicted molar refractivity (Wildman–Crippen MR) is 223 cm³/mol. The van der Waals surface area contributed by atoms with E-state index in [1.54, 1.807) is 17.0 Å². The fraction of sp³-hybridized carbons (Fsp3) is 0.533. The van der Waals surface area contributed by atoms with Gasteiger partial charge in [0.2, 0.25) is 5.91 Å². The fourth-order valence-electron chi connectivity index (χ4n) is 8.74. The molecule has 2 fully saturated rings. The maximum Gasteiger partial charge on any atom is 0.303 e. The number of carbonyl (C=O) groups is 5. The highest BCUT2D eigenvalue weighted by atomic mass is 19.1. The van der Waals surface area contributed by atoms with Gasteiger partial charge in [-0.05, 0) is 113 Å². The van der Waals surface area contributed by atoms with Crippen LogP contribution in [0.1, 0.15) is 98.6 Å². The van der Waals surface area contributed by atoms with Gasteiger partial charge in [-0.25, -0.2) is 8.78 Å². The molecule has 13 nitrogen and oxygen atoms in total. The smallest absolute Gasteiger partial charge is 0.303 e. The van der Waals surface area contributed by atoms with Gasteiger partial charge in [0.1, 0.15) is 29.4 Å². The van der Waals surface area contributed by atoms with Gasteiger partial charge in [-0.15, -0.1) is 0 Å². The number of nitrogens with one attached hydrogen (secondary N) is 2. The Balaban J connectivity index is 0.000000774. The molecule has 4 aromatic rings. The molecule has 1 saturated carbocycles. The second-order valence-electron chi connectivity index (χ2n) is 17.1. The topological polar surface area (TPSA) is 200 Å². The first-order chi connectivity index (χ1) is 28.2. The molecule has 6 rings (SSSR count). The van der Waals surface area contributed by atoms with Crippen LogP contribution in [-0.2, 0) is 51.0 Å². The minimum absolute atomic E-state index is 0.0880. The van der Waals surface area contributed by atoms with Crippen molar-refractivity contribution in [3.05, 3.63) is 59.2 Å². The number of aromatic amines is 2. The molecular formula is C45H59F2N5O8. The van der Waals surface area contributed by atoms with Gasteiger partial charge in [0, 0.05) is 61.0 Å². The van der Waals surface area contributed by atoms with E-state index in [1.165, 1.54) is 45.0 Å². The van der Waals surface area contributed by atoms with Crippen molar-refractivity contribution in [2.45, 2.75) is 136 Å². The summed E-state index contributed by atoms with van der Waals surface area (Å²) in [5.74, 6) is -3.02. The molecule has 6 N–H and O–H groups in total. The summed E-state index contributed by atoms with van der Waals surface area (Å²) in [6.45, 7) is 13.5. The predicted octanol–water partition coefficient (Wildman–Crippen LogP) is 6.56. The molecular weight excluding hydrogens is 777 g/mol. The Morgan fingerprint density at radius 2 is 1.27 bits per heavy atom. The molecule has 7 atom stereocenters. The summed E-state index contributed by atoms with van der Waals surface area (Å²) < 4.78 is 45.4. The van der Waals surface area contributed by atoms with E-state index in [1.807, 2.05) is 34.6 Å². The first kappa shape index (κ1) is 45.9. The number of nitrogens with zero attached hydrogens (tertiary/aromatic N) is 1. The lowest BCUT2D eigenvalue weighted by Gasteiger charge is -2.27. The lowest BCUT2D eigenvalue weighted by atomic mass is 9.83. The second-order valence-corrected chi connectivity index (χ2v) is 17.1. The standard InChI is InChI=1S/C39H47F2N5O6.C6H12O2/c1-5-32(42)38(49)29-17-25(51-19(3)47)11-21(29)12-30-27-9-7-22(40)13-34(27)44-36(30)37-31(28-10-8-23(41)14-35(28)45-37)16-24-15-26(52-20(4)48)18-46(24)39(50)33(43)6-2;1-5(7)8-6(2,3)4/h7-10,13-14,21,24-26,29,32-33,44-45H,5-6,11-12,15-18,42-43H2,1-4H3;1-4H3/t21?,24-,25-,26-,29?,32-,33-;/m0./s1. The number of carbonyl (C=O) groups excluding carboxylic acids is 5. The average Bonchev–Trinajstić information content (AvgIpc) is 3.92. The van der Waals surface area contributed by atoms with Crippen LogP contribution in [0.15, 0.2) is 36.4 Å². The highest BCUT2D eigenvalue weighted by Gasteiger charge is 2.43. The molecule has 1 aliphatic heterocycles. The zero-order valence-corrected chi connectivity index (χ0v) is 35.8. The minimum Gasteiger partial charge on any atom is -0.463 e. The van der Waals surface area contributed by atoms with Crippen molar-refractivity contribution in [3.63, 3.8) is 0 Å². The summed E-state index contributed by atoms with van der Waals surface area (Å²) in [6, 6.07) is 7.14. The van der Waals surface area contributed by atoms with Crippen LogP contribution in [0, 0.1) is 23.5 Å². The Labute approximate surface area is 349 Å². The van der Waals surface area contributed by atoms with Gasteiger partial charge in [0.15, 0.2) is 5.78 Å². The number of esters is 3. The number of halogens is 2. The van der Waals surface area contributed by atoms with Crippen molar-refractivity contribution in [1.82, 2.24) is 14.9 Å². The number of benzene rings is 2. The van der Waals surface area contributed by atoms with Gasteiger partial charge in [0.05, 0.1) is 30.0 Å². The van der Waals surface area contributed by atoms with Crippen molar-refractivity contribution in [2.24, 2.45) is 23.3 Å². The number of hydrogen-bond donors (Lipinski definition) is 4. The number of Topliss-reactive ketones (excluding diaryl/α,β-unsaturated/α-hetero) is 1. The SMILES string of the molecule is CC(=O)OC(C)(C)C.CC[C@H](N)C(=O)C1C[C@@H](OC(C)=O)CC1Cc1c(-c2[nH]c3cc(F)ccc3c2C[C@@H]2C[C@H](OC(C)=O)CN2C(=O)[C@@H](N)CC)[nH]c2cc(F)ccc12. The lowest BCUT2D eigenvalue weighted by Crippen LogP contribution is -2.46. The molecule has 2 aromatic heterocycles. The van der Waals surface area contributed by atoms with E-state index >= 15 is 0 Å². The third-order valence-corrected chi connectivity index (χ3v) is 11.2. The number of aromatic nitrogens is 2. The number of H-pyrrole nitrogens is 2. The Kier molecular flexibility index (Phi) is 14.6. The Hall–Kier alpha value is -5.15.